The first-order chi connectivity index (χ1) is 13.2. The predicted octanol–water partition coefficient (Wildman–Crippen LogP) is 2.71. The third-order valence-corrected chi connectivity index (χ3v) is 5.01. The molecular weight excluding hydrogens is 353 g/mol. The summed E-state index contributed by atoms with van der Waals surface area (Å²) in [5, 5.41) is 12.8. The molecule has 8 nitrogen and oxygen atoms in total. The number of fused-ring (bicyclic) bond motifs is 3. The van der Waals surface area contributed by atoms with Crippen LogP contribution < -0.4 is 4.90 Å². The topological polar surface area (TPSA) is 97.2 Å². The predicted molar refractivity (Wildman–Crippen MR) is 99.3 cm³/mol. The number of rotatable bonds is 6. The van der Waals surface area contributed by atoms with Crippen molar-refractivity contribution >= 4 is 27.8 Å². The number of piperidine rings is 1. The Morgan fingerprint density at radius 2 is 2.15 bits per heavy atom. The third kappa shape index (κ3) is 3.55. The van der Waals surface area contributed by atoms with Crippen LogP contribution in [0.3, 0.4) is 0 Å². The van der Waals surface area contributed by atoms with Gasteiger partial charge in [-0.05, 0) is 31.0 Å². The molecule has 4 heterocycles. The van der Waals surface area contributed by atoms with Crippen LogP contribution in [-0.2, 0) is 4.74 Å². The molecule has 1 aliphatic rings. The van der Waals surface area contributed by atoms with E-state index in [0.717, 1.165) is 53.7 Å². The zero-order valence-electron chi connectivity index (χ0n) is 14.7. The van der Waals surface area contributed by atoms with Gasteiger partial charge >= 0.3 is 0 Å². The fourth-order valence-electron chi connectivity index (χ4n) is 3.44. The van der Waals surface area contributed by atoms with E-state index < -0.39 is 17.6 Å². The van der Waals surface area contributed by atoms with E-state index in [9.17, 15) is 14.5 Å². The van der Waals surface area contributed by atoms with E-state index in [0.29, 0.717) is 0 Å². The number of anilines is 1. The number of aromatic nitrogens is 3. The normalized spacial score (nSPS) is 16.9. The van der Waals surface area contributed by atoms with Gasteiger partial charge in [-0.15, -0.1) is 0 Å². The molecule has 1 unspecified atom stereocenters. The van der Waals surface area contributed by atoms with Gasteiger partial charge in [0.25, 0.3) is 6.04 Å². The third-order valence-electron chi connectivity index (χ3n) is 5.01. The monoisotopic (exact) mass is 373 g/mol. The second-order valence-electron chi connectivity index (χ2n) is 6.73. The maximum atomic E-state index is 12.6. The van der Waals surface area contributed by atoms with Crippen LogP contribution in [0.4, 0.5) is 10.2 Å². The Hall–Kier alpha value is -2.81. The maximum Gasteiger partial charge on any atom is 0.263 e. The highest BCUT2D eigenvalue weighted by Crippen LogP contribution is 2.27. The average molecular weight is 373 g/mol. The van der Waals surface area contributed by atoms with E-state index in [1.54, 1.807) is 6.20 Å². The molecule has 0 amide bonds. The Morgan fingerprint density at radius 3 is 2.89 bits per heavy atom. The van der Waals surface area contributed by atoms with Gasteiger partial charge in [-0.1, -0.05) is 0 Å². The quantitative estimate of drug-likeness (QED) is 0.527. The van der Waals surface area contributed by atoms with Crippen LogP contribution in [0.25, 0.3) is 21.9 Å². The van der Waals surface area contributed by atoms with Crippen molar-refractivity contribution in [2.75, 3.05) is 31.3 Å². The van der Waals surface area contributed by atoms with Crippen molar-refractivity contribution in [1.29, 1.82) is 0 Å². The summed E-state index contributed by atoms with van der Waals surface area (Å²) >= 11 is 0. The molecule has 9 heteroatoms. The summed E-state index contributed by atoms with van der Waals surface area (Å²) in [5.41, 5.74) is 1.83. The van der Waals surface area contributed by atoms with Crippen LogP contribution in [0.15, 0.2) is 30.6 Å². The first kappa shape index (κ1) is 17.6. The fourth-order valence-corrected chi connectivity index (χ4v) is 3.44. The van der Waals surface area contributed by atoms with Gasteiger partial charge in [0.2, 0.25) is 0 Å². The van der Waals surface area contributed by atoms with E-state index >= 15 is 0 Å². The largest absolute Gasteiger partial charge is 0.371 e. The Balaban J connectivity index is 1.40. The molecular formula is C18H20FN5O3. The zero-order chi connectivity index (χ0) is 18.8. The van der Waals surface area contributed by atoms with Crippen LogP contribution in [0, 0.1) is 10.1 Å². The zero-order valence-corrected chi connectivity index (χ0v) is 14.7. The van der Waals surface area contributed by atoms with E-state index in [-0.39, 0.29) is 12.7 Å². The highest BCUT2D eigenvalue weighted by atomic mass is 19.1. The van der Waals surface area contributed by atoms with Gasteiger partial charge in [0.1, 0.15) is 18.1 Å². The number of hydrogen-bond donors (Lipinski definition) is 1. The van der Waals surface area contributed by atoms with Crippen molar-refractivity contribution in [3.05, 3.63) is 40.7 Å². The van der Waals surface area contributed by atoms with Gasteiger partial charge in [0.15, 0.2) is 6.67 Å². The number of H-pyrrole nitrogens is 1. The summed E-state index contributed by atoms with van der Waals surface area (Å²) in [4.78, 5) is 24.4. The lowest BCUT2D eigenvalue weighted by Gasteiger charge is -2.32. The van der Waals surface area contributed by atoms with Gasteiger partial charge in [-0.2, -0.15) is 0 Å². The highest BCUT2D eigenvalue weighted by molar-refractivity contribution is 6.05. The lowest BCUT2D eigenvalue weighted by Crippen LogP contribution is -2.39. The molecule has 0 aromatic carbocycles. The molecule has 4 rings (SSSR count). The van der Waals surface area contributed by atoms with Crippen LogP contribution in [-0.4, -0.2) is 58.4 Å². The van der Waals surface area contributed by atoms with Crippen LogP contribution in [0.5, 0.6) is 0 Å². The molecule has 1 atom stereocenters. The summed E-state index contributed by atoms with van der Waals surface area (Å²) in [5.74, 6) is 0.882. The number of ether oxygens (including phenoxy) is 1. The van der Waals surface area contributed by atoms with E-state index in [2.05, 4.69) is 14.9 Å². The summed E-state index contributed by atoms with van der Waals surface area (Å²) in [6.07, 6.45) is 4.95. The minimum atomic E-state index is -1.27. The molecule has 3 aromatic rings. The van der Waals surface area contributed by atoms with Gasteiger partial charge in [-0.3, -0.25) is 15.1 Å². The molecule has 0 saturated carbocycles. The molecule has 3 aromatic heterocycles. The van der Waals surface area contributed by atoms with E-state index in [1.807, 2.05) is 24.4 Å². The van der Waals surface area contributed by atoms with Gasteiger partial charge in [0.05, 0.1) is 11.6 Å². The van der Waals surface area contributed by atoms with E-state index in [1.165, 1.54) is 0 Å². The number of nitrogens with zero attached hydrogens (tertiary/aromatic N) is 4. The van der Waals surface area contributed by atoms with Crippen molar-refractivity contribution in [2.45, 2.75) is 25.0 Å². The van der Waals surface area contributed by atoms with Crippen molar-refractivity contribution in [2.24, 2.45) is 0 Å². The smallest absolute Gasteiger partial charge is 0.263 e. The number of aromatic amines is 1. The SMILES string of the molecule is O=[N+]([O-])C(CF)COC1CCN(c2ccc3c(n2)[nH]c2ccncc23)CC1. The molecule has 1 fully saturated rings. The average Bonchev–Trinajstić information content (AvgIpc) is 3.06. The number of halogens is 1. The first-order valence-corrected chi connectivity index (χ1v) is 8.94. The molecule has 0 radical (unpaired) electrons. The van der Waals surface area contributed by atoms with Gasteiger partial charge in [-0.25, -0.2) is 9.37 Å². The number of alkyl halides is 1. The lowest BCUT2D eigenvalue weighted by molar-refractivity contribution is -0.528. The number of nitro groups is 1. The van der Waals surface area contributed by atoms with Crippen LogP contribution >= 0.6 is 0 Å². The molecule has 1 aliphatic heterocycles. The van der Waals surface area contributed by atoms with Gasteiger partial charge < -0.3 is 14.6 Å². The summed E-state index contributed by atoms with van der Waals surface area (Å²) in [6, 6.07) is 4.69. The molecule has 0 bridgehead atoms. The second kappa shape index (κ2) is 7.43. The van der Waals surface area contributed by atoms with Crippen molar-refractivity contribution in [1.82, 2.24) is 15.0 Å². The Labute approximate surface area is 154 Å². The van der Waals surface area contributed by atoms with Gasteiger partial charge in [0, 0.05) is 41.2 Å². The second-order valence-corrected chi connectivity index (χ2v) is 6.73. The molecule has 0 aliphatic carbocycles. The highest BCUT2D eigenvalue weighted by Gasteiger charge is 2.25. The number of hydrogen-bond acceptors (Lipinski definition) is 6. The molecule has 0 spiro atoms. The van der Waals surface area contributed by atoms with Crippen molar-refractivity contribution < 1.29 is 14.1 Å². The van der Waals surface area contributed by atoms with Crippen molar-refractivity contribution in [3.63, 3.8) is 0 Å². The first-order valence-electron chi connectivity index (χ1n) is 8.94. The Morgan fingerprint density at radius 1 is 1.33 bits per heavy atom. The minimum Gasteiger partial charge on any atom is -0.371 e. The maximum absolute atomic E-state index is 12.6. The standard InChI is InChI=1S/C18H20FN5O3/c19-9-12(24(25)26)11-27-13-4-7-23(8-5-13)17-2-1-14-15-10-20-6-3-16(15)21-18(14)22-17/h1-3,6,10,12-13H,4-5,7-9,11H2,(H,21,22). The number of nitrogens with one attached hydrogen (secondary N) is 1. The summed E-state index contributed by atoms with van der Waals surface area (Å²) < 4.78 is 18.2. The Bertz CT molecular complexity index is 954. The fraction of sp³-hybridized carbons (Fsp3) is 0.444. The lowest BCUT2D eigenvalue weighted by atomic mass is 10.1. The van der Waals surface area contributed by atoms with Crippen LogP contribution in [0.1, 0.15) is 12.8 Å². The summed E-state index contributed by atoms with van der Waals surface area (Å²) in [7, 11) is 0. The Kier molecular flexibility index (Phi) is 4.85. The van der Waals surface area contributed by atoms with E-state index in [4.69, 9.17) is 9.72 Å². The number of pyridine rings is 2. The molecule has 1 N–H and O–H groups in total. The van der Waals surface area contributed by atoms with Crippen molar-refractivity contribution in [3.8, 4) is 0 Å². The molecule has 142 valence electrons. The summed E-state index contributed by atoms with van der Waals surface area (Å²) in [6.45, 7) is 0.296. The molecule has 1 saturated heterocycles. The molecule has 27 heavy (non-hydrogen) atoms. The minimum absolute atomic E-state index is 0.0851. The van der Waals surface area contributed by atoms with Crippen LogP contribution in [0.2, 0.25) is 0 Å².